The van der Waals surface area contributed by atoms with Gasteiger partial charge in [0.15, 0.2) is 0 Å². The highest BCUT2D eigenvalue weighted by atomic mass is 32.2. The van der Waals surface area contributed by atoms with Gasteiger partial charge in [0.25, 0.3) is 0 Å². The number of hydrogen-bond acceptors (Lipinski definition) is 4. The molecule has 1 fully saturated rings. The fourth-order valence-electron chi connectivity index (χ4n) is 2.40. The monoisotopic (exact) mass is 319 g/mol. The molecule has 1 aliphatic rings. The average Bonchev–Trinajstić information content (AvgIpc) is 2.85. The van der Waals surface area contributed by atoms with E-state index in [1.165, 1.54) is 12.1 Å². The Bertz CT molecular complexity index is 577. The minimum absolute atomic E-state index is 0.130. The van der Waals surface area contributed by atoms with Gasteiger partial charge in [-0.05, 0) is 43.2 Å². The molecule has 112 valence electrons. The van der Waals surface area contributed by atoms with Gasteiger partial charge < -0.3 is 5.11 Å². The summed E-state index contributed by atoms with van der Waals surface area (Å²) >= 11 is 1.73. The Balaban J connectivity index is 2.14. The molecule has 4 nitrogen and oxygen atoms in total. The number of halogens is 1. The van der Waals surface area contributed by atoms with E-state index in [1.807, 2.05) is 6.26 Å². The van der Waals surface area contributed by atoms with Crippen molar-refractivity contribution in [3.8, 4) is 0 Å². The summed E-state index contributed by atoms with van der Waals surface area (Å²) in [6.07, 6.45) is 4.53. The number of benzene rings is 1. The third-order valence-electron chi connectivity index (χ3n) is 3.51. The topological polar surface area (TPSA) is 66.4 Å². The highest BCUT2D eigenvalue weighted by Gasteiger charge is 2.29. The number of sulfonamides is 1. The van der Waals surface area contributed by atoms with Crippen LogP contribution < -0.4 is 4.72 Å². The van der Waals surface area contributed by atoms with E-state index in [-0.39, 0.29) is 17.5 Å². The van der Waals surface area contributed by atoms with Gasteiger partial charge in [-0.3, -0.25) is 0 Å². The number of rotatable bonds is 5. The van der Waals surface area contributed by atoms with Crippen LogP contribution in [-0.4, -0.2) is 31.1 Å². The molecule has 2 atom stereocenters. The van der Waals surface area contributed by atoms with Crippen LogP contribution in [0.2, 0.25) is 0 Å². The molecule has 0 bridgehead atoms. The Hall–Kier alpha value is -0.630. The van der Waals surface area contributed by atoms with Crippen molar-refractivity contribution in [3.05, 3.63) is 29.6 Å². The predicted molar refractivity (Wildman–Crippen MR) is 77.6 cm³/mol. The van der Waals surface area contributed by atoms with E-state index in [2.05, 4.69) is 4.72 Å². The molecule has 0 heterocycles. The van der Waals surface area contributed by atoms with Gasteiger partial charge in [0.1, 0.15) is 10.7 Å². The van der Waals surface area contributed by atoms with Crippen molar-refractivity contribution in [1.29, 1.82) is 0 Å². The largest absolute Gasteiger partial charge is 0.392 e. The smallest absolute Gasteiger partial charge is 0.243 e. The van der Waals surface area contributed by atoms with Gasteiger partial charge in [0.2, 0.25) is 10.0 Å². The zero-order valence-electron chi connectivity index (χ0n) is 11.2. The first-order valence-electron chi connectivity index (χ1n) is 6.40. The molecule has 1 aromatic carbocycles. The lowest BCUT2D eigenvalue weighted by molar-refractivity contribution is 0.281. The Morgan fingerprint density at radius 3 is 2.75 bits per heavy atom. The van der Waals surface area contributed by atoms with Gasteiger partial charge in [0.05, 0.1) is 6.61 Å². The number of nitrogens with one attached hydrogen (secondary N) is 1. The second-order valence-electron chi connectivity index (χ2n) is 4.91. The summed E-state index contributed by atoms with van der Waals surface area (Å²) in [6.45, 7) is -0.317. The van der Waals surface area contributed by atoms with Crippen molar-refractivity contribution in [2.24, 2.45) is 0 Å². The molecule has 2 rings (SSSR count). The second kappa shape index (κ2) is 6.43. The minimum Gasteiger partial charge on any atom is -0.392 e. The van der Waals surface area contributed by atoms with Crippen molar-refractivity contribution in [3.63, 3.8) is 0 Å². The molecule has 7 heteroatoms. The summed E-state index contributed by atoms with van der Waals surface area (Å²) in [5, 5.41) is 9.37. The van der Waals surface area contributed by atoms with Crippen LogP contribution in [0, 0.1) is 5.82 Å². The minimum atomic E-state index is -3.85. The molecule has 2 N–H and O–H groups in total. The lowest BCUT2D eigenvalue weighted by Gasteiger charge is -2.14. The van der Waals surface area contributed by atoms with Crippen molar-refractivity contribution in [2.75, 3.05) is 6.26 Å². The molecule has 0 aromatic heterocycles. The highest BCUT2D eigenvalue weighted by Crippen LogP contribution is 2.29. The van der Waals surface area contributed by atoms with E-state index in [4.69, 9.17) is 5.11 Å². The van der Waals surface area contributed by atoms with Crippen LogP contribution in [0.3, 0.4) is 0 Å². The van der Waals surface area contributed by atoms with Gasteiger partial charge in [0, 0.05) is 11.3 Å². The van der Waals surface area contributed by atoms with Gasteiger partial charge >= 0.3 is 0 Å². The van der Waals surface area contributed by atoms with Crippen LogP contribution in [0.1, 0.15) is 24.8 Å². The summed E-state index contributed by atoms with van der Waals surface area (Å²) < 4.78 is 40.8. The van der Waals surface area contributed by atoms with Crippen LogP contribution in [0.5, 0.6) is 0 Å². The van der Waals surface area contributed by atoms with Gasteiger partial charge in [-0.25, -0.2) is 17.5 Å². The molecule has 20 heavy (non-hydrogen) atoms. The van der Waals surface area contributed by atoms with Crippen LogP contribution in [0.15, 0.2) is 23.1 Å². The van der Waals surface area contributed by atoms with E-state index in [0.29, 0.717) is 10.8 Å². The number of aliphatic hydroxyl groups excluding tert-OH is 1. The fourth-order valence-corrected chi connectivity index (χ4v) is 4.54. The summed E-state index contributed by atoms with van der Waals surface area (Å²) in [7, 11) is -3.85. The van der Waals surface area contributed by atoms with Crippen molar-refractivity contribution >= 4 is 21.8 Å². The Morgan fingerprint density at radius 2 is 2.20 bits per heavy atom. The zero-order valence-corrected chi connectivity index (χ0v) is 12.8. The van der Waals surface area contributed by atoms with Crippen molar-refractivity contribution in [2.45, 2.75) is 42.1 Å². The number of aliphatic hydroxyl groups is 1. The number of thioether (sulfide) groups is 1. The SMILES string of the molecule is CSC1CCC(NS(=O)(=O)c2ccc(CO)cc2F)C1. The van der Waals surface area contributed by atoms with E-state index in [1.54, 1.807) is 11.8 Å². The van der Waals surface area contributed by atoms with Crippen LogP contribution in [0.4, 0.5) is 4.39 Å². The lowest BCUT2D eigenvalue weighted by Crippen LogP contribution is -2.33. The van der Waals surface area contributed by atoms with Crippen molar-refractivity contribution < 1.29 is 17.9 Å². The third kappa shape index (κ3) is 3.52. The van der Waals surface area contributed by atoms with Gasteiger partial charge in [-0.1, -0.05) is 6.07 Å². The molecule has 0 spiro atoms. The molecule has 1 aliphatic carbocycles. The third-order valence-corrected chi connectivity index (χ3v) is 6.16. The Kier molecular flexibility index (Phi) is 5.06. The average molecular weight is 319 g/mol. The molecule has 0 amide bonds. The number of hydrogen-bond donors (Lipinski definition) is 2. The molecular formula is C13H18FNO3S2. The second-order valence-corrected chi connectivity index (χ2v) is 7.73. The maximum atomic E-state index is 13.8. The highest BCUT2D eigenvalue weighted by molar-refractivity contribution is 7.99. The van der Waals surface area contributed by atoms with E-state index in [0.717, 1.165) is 25.3 Å². The van der Waals surface area contributed by atoms with E-state index in [9.17, 15) is 12.8 Å². The van der Waals surface area contributed by atoms with Crippen LogP contribution in [-0.2, 0) is 16.6 Å². The first-order valence-corrected chi connectivity index (χ1v) is 9.18. The fraction of sp³-hybridized carbons (Fsp3) is 0.538. The summed E-state index contributed by atoms with van der Waals surface area (Å²) in [5.41, 5.74) is 0.352. The normalized spacial score (nSPS) is 23.1. The molecule has 1 saturated carbocycles. The van der Waals surface area contributed by atoms with E-state index >= 15 is 0 Å². The standard InChI is InChI=1S/C13H18FNO3S2/c1-19-11-4-3-10(7-11)15-20(17,18)13-5-2-9(8-16)6-12(13)14/h2,5-6,10-11,15-16H,3-4,7-8H2,1H3. The molecule has 2 unspecified atom stereocenters. The van der Waals surface area contributed by atoms with Gasteiger partial charge in [-0.15, -0.1) is 0 Å². The molecule has 0 aliphatic heterocycles. The maximum Gasteiger partial charge on any atom is 0.243 e. The first kappa shape index (κ1) is 15.8. The van der Waals surface area contributed by atoms with E-state index < -0.39 is 15.8 Å². The maximum absolute atomic E-state index is 13.8. The van der Waals surface area contributed by atoms with Crippen LogP contribution in [0.25, 0.3) is 0 Å². The predicted octanol–water partition coefficient (Wildman–Crippen LogP) is 1.88. The molecule has 0 saturated heterocycles. The lowest BCUT2D eigenvalue weighted by atomic mass is 10.2. The Morgan fingerprint density at radius 1 is 1.45 bits per heavy atom. The quantitative estimate of drug-likeness (QED) is 0.870. The summed E-state index contributed by atoms with van der Waals surface area (Å²) in [4.78, 5) is -0.359. The Labute approximate surface area is 122 Å². The zero-order chi connectivity index (χ0) is 14.8. The van der Waals surface area contributed by atoms with Crippen LogP contribution >= 0.6 is 11.8 Å². The molecule has 0 radical (unpaired) electrons. The first-order chi connectivity index (χ1) is 9.46. The molecule has 1 aromatic rings. The van der Waals surface area contributed by atoms with Gasteiger partial charge in [-0.2, -0.15) is 11.8 Å². The summed E-state index contributed by atoms with van der Waals surface area (Å²) in [5.74, 6) is -0.830. The summed E-state index contributed by atoms with van der Waals surface area (Å²) in [6, 6.07) is 3.53. The molecular weight excluding hydrogens is 301 g/mol. The van der Waals surface area contributed by atoms with Crippen molar-refractivity contribution in [1.82, 2.24) is 4.72 Å².